The van der Waals surface area contributed by atoms with Gasteiger partial charge in [0, 0.05) is 12.8 Å². The predicted octanol–water partition coefficient (Wildman–Crippen LogP) is 4.21. The summed E-state index contributed by atoms with van der Waals surface area (Å²) in [6.45, 7) is -0.691. The molecule has 122 valence electrons. The van der Waals surface area contributed by atoms with E-state index in [1.807, 2.05) is 0 Å². The summed E-state index contributed by atoms with van der Waals surface area (Å²) in [7, 11) is 2.39. The molecule has 1 aliphatic rings. The number of alkyl halides is 5. The smallest absolute Gasteiger partial charge is 0.445 e. The molecule has 0 spiro atoms. The summed E-state index contributed by atoms with van der Waals surface area (Å²) < 4.78 is 89.2. The molecule has 0 aliphatic carbocycles. The zero-order valence-electron chi connectivity index (χ0n) is 11.3. The minimum Gasteiger partial charge on any atom is -0.445 e. The monoisotopic (exact) mass is 315 g/mol. The summed E-state index contributed by atoms with van der Waals surface area (Å²) in [5.41, 5.74) is 0. The highest BCUT2D eigenvalue weighted by molar-refractivity contribution is 6.61. The minimum atomic E-state index is -7.21. The molecule has 0 aromatic carbocycles. The van der Waals surface area contributed by atoms with Gasteiger partial charge in [-0.05, 0) is 6.42 Å². The Morgan fingerprint density at radius 3 is 1.55 bits per heavy atom. The lowest BCUT2D eigenvalue weighted by atomic mass is 9.80. The SMILES string of the molecule is CCC[N+]1(C)CCCC1.F[B-](F)(F)C(F)(F)C(F)(F)F. The highest BCUT2D eigenvalue weighted by Crippen LogP contribution is 2.43. The van der Waals surface area contributed by atoms with Gasteiger partial charge >= 0.3 is 19.0 Å². The summed E-state index contributed by atoms with van der Waals surface area (Å²) in [6.07, 6.45) is -2.30. The first-order valence-corrected chi connectivity index (χ1v) is 6.24. The van der Waals surface area contributed by atoms with E-state index in [2.05, 4.69) is 14.0 Å². The molecule has 0 saturated carbocycles. The first-order chi connectivity index (χ1) is 8.77. The van der Waals surface area contributed by atoms with E-state index in [1.54, 1.807) is 0 Å². The molecule has 0 amide bonds. The van der Waals surface area contributed by atoms with Crippen LogP contribution in [0.25, 0.3) is 0 Å². The van der Waals surface area contributed by atoms with Crippen molar-refractivity contribution in [3.8, 4) is 0 Å². The summed E-state index contributed by atoms with van der Waals surface area (Å²) in [5.74, 6) is -6.56. The fourth-order valence-electron chi connectivity index (χ4n) is 2.05. The minimum absolute atomic E-state index is 1.34. The van der Waals surface area contributed by atoms with Crippen LogP contribution in [0.15, 0.2) is 0 Å². The van der Waals surface area contributed by atoms with Crippen molar-refractivity contribution in [3.63, 3.8) is 0 Å². The molecule has 0 aromatic rings. The molecule has 0 aromatic heterocycles. The average Bonchev–Trinajstić information content (AvgIpc) is 2.63. The summed E-state index contributed by atoms with van der Waals surface area (Å²) in [5, 5.41) is 0. The molecule has 0 unspecified atom stereocenters. The molecule has 10 heteroatoms. The van der Waals surface area contributed by atoms with E-state index >= 15 is 0 Å². The third-order valence-corrected chi connectivity index (χ3v) is 3.20. The fraction of sp³-hybridized carbons (Fsp3) is 1.00. The number of hydrogen-bond acceptors (Lipinski definition) is 0. The zero-order valence-corrected chi connectivity index (χ0v) is 11.3. The average molecular weight is 315 g/mol. The van der Waals surface area contributed by atoms with Crippen LogP contribution in [0.2, 0.25) is 0 Å². The van der Waals surface area contributed by atoms with Crippen LogP contribution in [0.4, 0.5) is 34.9 Å². The van der Waals surface area contributed by atoms with Crippen LogP contribution >= 0.6 is 0 Å². The van der Waals surface area contributed by atoms with Crippen molar-refractivity contribution in [1.29, 1.82) is 0 Å². The highest BCUT2D eigenvalue weighted by atomic mass is 19.4. The van der Waals surface area contributed by atoms with Crippen LogP contribution in [-0.2, 0) is 0 Å². The second-order valence-electron chi connectivity index (χ2n) is 5.19. The zero-order chi connectivity index (χ0) is 16.2. The van der Waals surface area contributed by atoms with Crippen LogP contribution in [0, 0.1) is 0 Å². The Balaban J connectivity index is 0.000000367. The molecule has 1 saturated heterocycles. The number of nitrogens with zero attached hydrogens (tertiary/aromatic N) is 1. The van der Waals surface area contributed by atoms with Gasteiger partial charge in [0.2, 0.25) is 0 Å². The molecule has 1 nitrogen and oxygen atoms in total. The van der Waals surface area contributed by atoms with Crippen LogP contribution in [0.5, 0.6) is 0 Å². The molecule has 0 N–H and O–H groups in total. The van der Waals surface area contributed by atoms with Gasteiger partial charge in [-0.15, -0.1) is 0 Å². The second-order valence-corrected chi connectivity index (χ2v) is 5.19. The number of hydrogen-bond donors (Lipinski definition) is 0. The van der Waals surface area contributed by atoms with E-state index in [-0.39, 0.29) is 0 Å². The van der Waals surface area contributed by atoms with Gasteiger partial charge in [-0.3, -0.25) is 0 Å². The van der Waals surface area contributed by atoms with Crippen molar-refractivity contribution in [1.82, 2.24) is 0 Å². The van der Waals surface area contributed by atoms with Crippen LogP contribution in [0.3, 0.4) is 0 Å². The van der Waals surface area contributed by atoms with E-state index in [9.17, 15) is 34.9 Å². The quantitative estimate of drug-likeness (QED) is 0.416. The molecule has 1 aliphatic heterocycles. The molecule has 1 fully saturated rings. The van der Waals surface area contributed by atoms with Crippen LogP contribution in [-0.4, -0.2) is 50.1 Å². The Labute approximate surface area is 112 Å². The fourth-order valence-corrected chi connectivity index (χ4v) is 2.05. The predicted molar refractivity (Wildman–Crippen MR) is 60.4 cm³/mol. The molecular weight excluding hydrogens is 297 g/mol. The lowest BCUT2D eigenvalue weighted by Gasteiger charge is -2.28. The maximum atomic E-state index is 11.2. The summed E-state index contributed by atoms with van der Waals surface area (Å²) in [4.78, 5) is 0. The maximum absolute atomic E-state index is 11.2. The summed E-state index contributed by atoms with van der Waals surface area (Å²) in [6, 6.07) is 0. The topological polar surface area (TPSA) is 0 Å². The molecule has 0 bridgehead atoms. The van der Waals surface area contributed by atoms with E-state index < -0.39 is 19.0 Å². The van der Waals surface area contributed by atoms with Crippen molar-refractivity contribution < 1.29 is 39.4 Å². The maximum Gasteiger partial charge on any atom is 0.558 e. The van der Waals surface area contributed by atoms with Gasteiger partial charge in [-0.2, -0.15) is 13.2 Å². The molecule has 0 atom stereocenters. The number of likely N-dealkylation sites (tertiary alicyclic amines) is 1. The van der Waals surface area contributed by atoms with Gasteiger partial charge in [-0.1, -0.05) is 6.92 Å². The Morgan fingerprint density at radius 2 is 1.35 bits per heavy atom. The summed E-state index contributed by atoms with van der Waals surface area (Å²) >= 11 is 0. The number of halogens is 8. The third kappa shape index (κ3) is 5.10. The first kappa shape index (κ1) is 19.5. The van der Waals surface area contributed by atoms with E-state index in [4.69, 9.17) is 0 Å². The van der Waals surface area contributed by atoms with E-state index in [0.29, 0.717) is 0 Å². The van der Waals surface area contributed by atoms with Gasteiger partial charge < -0.3 is 17.4 Å². The molecule has 20 heavy (non-hydrogen) atoms. The van der Waals surface area contributed by atoms with E-state index in [0.717, 1.165) is 0 Å². The Hall–Kier alpha value is -0.535. The van der Waals surface area contributed by atoms with Gasteiger partial charge in [0.25, 0.3) is 0 Å². The number of quaternary nitrogens is 1. The lowest BCUT2D eigenvalue weighted by Crippen LogP contribution is -2.53. The van der Waals surface area contributed by atoms with Crippen molar-refractivity contribution in [2.75, 3.05) is 26.7 Å². The molecule has 1 heterocycles. The van der Waals surface area contributed by atoms with E-state index in [1.165, 1.54) is 43.4 Å². The van der Waals surface area contributed by atoms with Crippen molar-refractivity contribution >= 4 is 6.98 Å². The lowest BCUT2D eigenvalue weighted by molar-refractivity contribution is -0.897. The third-order valence-electron chi connectivity index (χ3n) is 3.20. The van der Waals surface area contributed by atoms with Crippen LogP contribution in [0.1, 0.15) is 26.2 Å². The largest absolute Gasteiger partial charge is 0.558 e. The Kier molecular flexibility index (Phi) is 6.31. The second kappa shape index (κ2) is 6.49. The van der Waals surface area contributed by atoms with Crippen molar-refractivity contribution in [2.45, 2.75) is 38.2 Å². The molecular formula is C10H18BF8N. The van der Waals surface area contributed by atoms with Crippen LogP contribution < -0.4 is 0 Å². The van der Waals surface area contributed by atoms with Crippen molar-refractivity contribution in [3.05, 3.63) is 0 Å². The number of rotatable bonds is 3. The Morgan fingerprint density at radius 1 is 0.950 bits per heavy atom. The standard InChI is InChI=1S/C8H18N.C2BF8/c1-3-6-9(2)7-4-5-8-9;4-1(5,2(6,7)8)3(9,10)11/h3-8H2,1-2H3;/q+1;-1. The van der Waals surface area contributed by atoms with Gasteiger partial charge in [0.15, 0.2) is 0 Å². The van der Waals surface area contributed by atoms with Gasteiger partial charge in [0.1, 0.15) is 0 Å². The molecule has 1 rings (SSSR count). The Bertz CT molecular complexity index is 277. The highest BCUT2D eigenvalue weighted by Gasteiger charge is 2.69. The normalized spacial score (nSPS) is 19.5. The first-order valence-electron chi connectivity index (χ1n) is 6.24. The van der Waals surface area contributed by atoms with Gasteiger partial charge in [0.05, 0.1) is 26.7 Å². The molecule has 0 radical (unpaired) electrons. The van der Waals surface area contributed by atoms with Gasteiger partial charge in [-0.25, -0.2) is 8.78 Å². The van der Waals surface area contributed by atoms with Crippen molar-refractivity contribution in [2.24, 2.45) is 0 Å².